The SMILES string of the molecule is CCn1c(=O)[nH]c2cc(C(=O)N3CCN(Cc4nc(-c5cccs5)no4)CC3)ccc2c1=O. The van der Waals surface area contributed by atoms with Crippen molar-refractivity contribution in [3.05, 3.63) is 68.0 Å². The Balaban J connectivity index is 1.24. The minimum atomic E-state index is -0.475. The van der Waals surface area contributed by atoms with E-state index in [1.807, 2.05) is 17.5 Å². The highest BCUT2D eigenvalue weighted by molar-refractivity contribution is 7.13. The van der Waals surface area contributed by atoms with Crippen molar-refractivity contribution in [2.75, 3.05) is 26.2 Å². The number of benzene rings is 1. The Bertz CT molecular complexity index is 1410. The van der Waals surface area contributed by atoms with E-state index in [1.54, 1.807) is 41.4 Å². The standard InChI is InChI=1S/C22H22N6O4S/c1-2-28-21(30)15-6-5-14(12-16(15)23-22(28)31)20(29)27-9-7-26(8-10-27)13-18-24-19(25-32-18)17-4-3-11-33-17/h3-6,11-12H,2,7-10,13H2,1H3,(H,23,31). The van der Waals surface area contributed by atoms with Gasteiger partial charge in [-0.1, -0.05) is 11.2 Å². The Labute approximate surface area is 192 Å². The molecule has 4 aromatic rings. The first kappa shape index (κ1) is 21.3. The third-order valence-corrected chi connectivity index (χ3v) is 6.64. The van der Waals surface area contributed by atoms with Gasteiger partial charge >= 0.3 is 5.69 Å². The highest BCUT2D eigenvalue weighted by Gasteiger charge is 2.24. The van der Waals surface area contributed by atoms with Crippen molar-refractivity contribution < 1.29 is 9.32 Å². The van der Waals surface area contributed by atoms with Gasteiger partial charge in [-0.05, 0) is 36.6 Å². The molecule has 0 unspecified atom stereocenters. The molecule has 0 atom stereocenters. The summed E-state index contributed by atoms with van der Waals surface area (Å²) in [4.78, 5) is 49.6. The zero-order valence-electron chi connectivity index (χ0n) is 18.0. The normalized spacial score (nSPS) is 14.8. The summed E-state index contributed by atoms with van der Waals surface area (Å²) in [5.41, 5.74) is -0.0153. The van der Waals surface area contributed by atoms with Crippen molar-refractivity contribution >= 4 is 28.1 Å². The summed E-state index contributed by atoms with van der Waals surface area (Å²) in [5.74, 6) is 1.01. The van der Waals surface area contributed by atoms with Crippen LogP contribution in [0.2, 0.25) is 0 Å². The molecule has 0 aliphatic carbocycles. The molecule has 0 spiro atoms. The molecule has 0 bridgehead atoms. The number of carbonyl (C=O) groups is 1. The summed E-state index contributed by atoms with van der Waals surface area (Å²) in [6.07, 6.45) is 0. The molecule has 1 fully saturated rings. The number of carbonyl (C=O) groups excluding carboxylic acids is 1. The van der Waals surface area contributed by atoms with Gasteiger partial charge in [-0.15, -0.1) is 11.3 Å². The van der Waals surface area contributed by atoms with Crippen molar-refractivity contribution in [2.24, 2.45) is 0 Å². The Morgan fingerprint density at radius 1 is 1.18 bits per heavy atom. The van der Waals surface area contributed by atoms with Gasteiger partial charge in [-0.2, -0.15) is 4.98 Å². The van der Waals surface area contributed by atoms with Gasteiger partial charge in [0, 0.05) is 38.3 Å². The lowest BCUT2D eigenvalue weighted by Gasteiger charge is -2.34. The fraction of sp³-hybridized carbons (Fsp3) is 0.318. The van der Waals surface area contributed by atoms with Gasteiger partial charge < -0.3 is 14.4 Å². The molecule has 1 aromatic carbocycles. The Morgan fingerprint density at radius 3 is 2.73 bits per heavy atom. The Kier molecular flexibility index (Phi) is 5.65. The zero-order valence-corrected chi connectivity index (χ0v) is 18.8. The predicted octanol–water partition coefficient (Wildman–Crippen LogP) is 1.78. The number of rotatable bonds is 5. The lowest BCUT2D eigenvalue weighted by atomic mass is 10.1. The van der Waals surface area contributed by atoms with Crippen LogP contribution in [0.5, 0.6) is 0 Å². The molecular weight excluding hydrogens is 444 g/mol. The summed E-state index contributed by atoms with van der Waals surface area (Å²) >= 11 is 1.56. The number of aromatic amines is 1. The molecule has 4 heterocycles. The number of hydrogen-bond acceptors (Lipinski definition) is 8. The first-order chi connectivity index (χ1) is 16.0. The lowest BCUT2D eigenvalue weighted by molar-refractivity contribution is 0.0615. The second-order valence-electron chi connectivity index (χ2n) is 7.80. The summed E-state index contributed by atoms with van der Waals surface area (Å²) in [6.45, 7) is 5.01. The van der Waals surface area contributed by atoms with Crippen LogP contribution in [-0.2, 0) is 13.1 Å². The summed E-state index contributed by atoms with van der Waals surface area (Å²) < 4.78 is 6.51. The molecule has 1 aliphatic heterocycles. The Morgan fingerprint density at radius 2 is 2.00 bits per heavy atom. The zero-order chi connectivity index (χ0) is 22.9. The molecule has 33 heavy (non-hydrogen) atoms. The van der Waals surface area contributed by atoms with E-state index in [0.29, 0.717) is 60.9 Å². The second kappa shape index (κ2) is 8.75. The molecule has 10 nitrogen and oxygen atoms in total. The van der Waals surface area contributed by atoms with Crippen LogP contribution in [0.4, 0.5) is 0 Å². The number of piperazine rings is 1. The maximum Gasteiger partial charge on any atom is 0.328 e. The molecule has 170 valence electrons. The molecule has 1 saturated heterocycles. The van der Waals surface area contributed by atoms with Crippen molar-refractivity contribution in [1.29, 1.82) is 0 Å². The number of H-pyrrole nitrogens is 1. The highest BCUT2D eigenvalue weighted by Crippen LogP contribution is 2.22. The van der Waals surface area contributed by atoms with E-state index < -0.39 is 5.69 Å². The van der Waals surface area contributed by atoms with Crippen molar-refractivity contribution in [3.8, 4) is 10.7 Å². The molecular formula is C22H22N6O4S. The molecule has 1 N–H and O–H groups in total. The largest absolute Gasteiger partial charge is 0.338 e. The number of thiophene rings is 1. The third kappa shape index (κ3) is 4.12. The van der Waals surface area contributed by atoms with Gasteiger partial charge in [-0.25, -0.2) is 4.79 Å². The van der Waals surface area contributed by atoms with Crippen molar-refractivity contribution in [2.45, 2.75) is 20.0 Å². The molecule has 1 aliphatic rings. The topological polar surface area (TPSA) is 117 Å². The second-order valence-corrected chi connectivity index (χ2v) is 8.74. The lowest BCUT2D eigenvalue weighted by Crippen LogP contribution is -2.48. The van der Waals surface area contributed by atoms with Gasteiger partial charge in [0.15, 0.2) is 0 Å². The Hall–Kier alpha value is -3.57. The number of nitrogens with one attached hydrogen (secondary N) is 1. The van der Waals surface area contributed by atoms with Crippen molar-refractivity contribution in [3.63, 3.8) is 0 Å². The molecule has 5 rings (SSSR count). The van der Waals surface area contributed by atoms with Crippen LogP contribution >= 0.6 is 11.3 Å². The minimum absolute atomic E-state index is 0.130. The van der Waals surface area contributed by atoms with Gasteiger partial charge in [0.25, 0.3) is 11.5 Å². The summed E-state index contributed by atoms with van der Waals surface area (Å²) in [6, 6.07) is 8.72. The average molecular weight is 467 g/mol. The highest BCUT2D eigenvalue weighted by atomic mass is 32.1. The van der Waals surface area contributed by atoms with Crippen LogP contribution in [0.25, 0.3) is 21.6 Å². The van der Waals surface area contributed by atoms with Gasteiger partial charge in [0.2, 0.25) is 11.7 Å². The van der Waals surface area contributed by atoms with E-state index in [9.17, 15) is 14.4 Å². The van der Waals surface area contributed by atoms with Crippen LogP contribution < -0.4 is 11.2 Å². The monoisotopic (exact) mass is 466 g/mol. The van der Waals surface area contributed by atoms with E-state index in [4.69, 9.17) is 4.52 Å². The number of nitrogens with zero attached hydrogens (tertiary/aromatic N) is 5. The van der Waals surface area contributed by atoms with Crippen LogP contribution in [0.1, 0.15) is 23.2 Å². The smallest absolute Gasteiger partial charge is 0.328 e. The molecule has 0 saturated carbocycles. The third-order valence-electron chi connectivity index (χ3n) is 5.77. The number of aromatic nitrogens is 4. The summed E-state index contributed by atoms with van der Waals surface area (Å²) in [5, 5.41) is 6.40. The summed E-state index contributed by atoms with van der Waals surface area (Å²) in [7, 11) is 0. The first-order valence-corrected chi connectivity index (χ1v) is 11.6. The number of fused-ring (bicyclic) bond motifs is 1. The predicted molar refractivity (Wildman–Crippen MR) is 123 cm³/mol. The van der Waals surface area contributed by atoms with E-state index in [2.05, 4.69) is 20.0 Å². The number of amides is 1. The van der Waals surface area contributed by atoms with Crippen molar-refractivity contribution in [1.82, 2.24) is 29.5 Å². The molecule has 1 amide bonds. The first-order valence-electron chi connectivity index (χ1n) is 10.7. The maximum atomic E-state index is 13.0. The molecule has 0 radical (unpaired) electrons. The van der Waals surface area contributed by atoms with Gasteiger partial charge in [0.1, 0.15) is 0 Å². The van der Waals surface area contributed by atoms with E-state index in [1.165, 1.54) is 0 Å². The fourth-order valence-electron chi connectivity index (χ4n) is 3.98. The maximum absolute atomic E-state index is 13.0. The van der Waals surface area contributed by atoms with E-state index in [-0.39, 0.29) is 18.0 Å². The number of hydrogen-bond donors (Lipinski definition) is 1. The van der Waals surface area contributed by atoms with Gasteiger partial charge in [0.05, 0.1) is 22.3 Å². The van der Waals surface area contributed by atoms with Crippen LogP contribution in [0.15, 0.2) is 49.8 Å². The fourth-order valence-corrected chi connectivity index (χ4v) is 4.63. The van der Waals surface area contributed by atoms with E-state index >= 15 is 0 Å². The van der Waals surface area contributed by atoms with Crippen LogP contribution in [0, 0.1) is 0 Å². The quantitative estimate of drug-likeness (QED) is 0.476. The van der Waals surface area contributed by atoms with Gasteiger partial charge in [-0.3, -0.25) is 19.1 Å². The minimum Gasteiger partial charge on any atom is -0.338 e. The van der Waals surface area contributed by atoms with E-state index in [0.717, 1.165) is 9.44 Å². The molecule has 3 aromatic heterocycles. The van der Waals surface area contributed by atoms with Crippen LogP contribution in [-0.4, -0.2) is 61.6 Å². The molecule has 11 heteroatoms. The van der Waals surface area contributed by atoms with Crippen LogP contribution in [0.3, 0.4) is 0 Å². The average Bonchev–Trinajstić information content (AvgIpc) is 3.51.